The summed E-state index contributed by atoms with van der Waals surface area (Å²) in [5, 5.41) is 21.1. The molecule has 2 aliphatic heterocycles. The topological polar surface area (TPSA) is 209 Å². The molecular weight excluding hydrogens is 845 g/mol. The third-order valence-corrected chi connectivity index (χ3v) is 15.9. The van der Waals surface area contributed by atoms with Crippen LogP contribution >= 0.6 is 0 Å². The van der Waals surface area contributed by atoms with Gasteiger partial charge in [-0.15, -0.1) is 0 Å². The molecule has 2 heterocycles. The lowest BCUT2D eigenvalue weighted by atomic mass is 9.47. The Morgan fingerprint density at radius 1 is 0.708 bits per heavy atom. The third-order valence-electron chi connectivity index (χ3n) is 15.9. The largest absolute Gasteiger partial charge is 0.463 e. The molecule has 6 aliphatic rings. The number of rotatable bonds is 16. The molecule has 0 spiro atoms. The highest BCUT2D eigenvalue weighted by atomic mass is 16.8. The number of aliphatic hydroxyl groups is 2. The molecule has 16 heteroatoms. The number of carbonyl (C=O) groups is 5. The maximum absolute atomic E-state index is 12.9. The average molecular weight is 921 g/mol. The molecule has 65 heavy (non-hydrogen) atoms. The van der Waals surface area contributed by atoms with Gasteiger partial charge in [0.2, 0.25) is 0 Å². The number of carbonyl (C=O) groups excluding carboxylic acids is 5. The SMILES string of the molecule is CC(=O)OC[C@H]1O[C@@H](O[C@H]2CC[C@@]3(C)C(=CC[C@H]4[C@@H]5CC[C@H]([C@H](C)CCCC(C)C)[C@@]5(C)CC[C@@H]43)C2)[C@H](OC(C)=O)[C@@H](OC(C)=O)[C@@H]1O[C@@H]1O[C@H](CO)[C@H](O)[C@H](OC(C)=O)[C@H]1OC(C)=O. The highest BCUT2D eigenvalue weighted by Gasteiger charge is 2.61. The second-order valence-electron chi connectivity index (χ2n) is 20.7. The highest BCUT2D eigenvalue weighted by molar-refractivity contribution is 5.68. The Labute approximate surface area is 384 Å². The molecule has 0 radical (unpaired) electrons. The Morgan fingerprint density at radius 2 is 1.31 bits per heavy atom. The summed E-state index contributed by atoms with van der Waals surface area (Å²) in [6, 6.07) is 0. The van der Waals surface area contributed by atoms with E-state index in [0.29, 0.717) is 36.0 Å². The second-order valence-corrected chi connectivity index (χ2v) is 20.7. The average Bonchev–Trinajstić information content (AvgIpc) is 3.58. The van der Waals surface area contributed by atoms with Crippen LogP contribution in [0, 0.1) is 46.3 Å². The summed E-state index contributed by atoms with van der Waals surface area (Å²) in [5.41, 5.74) is 1.73. The van der Waals surface area contributed by atoms with Gasteiger partial charge in [-0.25, -0.2) is 0 Å². The van der Waals surface area contributed by atoms with Crippen molar-refractivity contribution in [1.82, 2.24) is 0 Å². The van der Waals surface area contributed by atoms with Crippen molar-refractivity contribution in [1.29, 1.82) is 0 Å². The molecule has 5 fully saturated rings. The van der Waals surface area contributed by atoms with E-state index in [2.05, 4.69) is 40.7 Å². The number of allylic oxidation sites excluding steroid dienone is 1. The Hall–Kier alpha value is -3.15. The first-order valence-corrected chi connectivity index (χ1v) is 24.1. The molecule has 4 aliphatic carbocycles. The first kappa shape index (κ1) is 51.2. The molecule has 368 valence electrons. The van der Waals surface area contributed by atoms with Crippen LogP contribution in [0.25, 0.3) is 0 Å². The summed E-state index contributed by atoms with van der Waals surface area (Å²) < 4.78 is 53.5. The summed E-state index contributed by atoms with van der Waals surface area (Å²) in [7, 11) is 0. The summed E-state index contributed by atoms with van der Waals surface area (Å²) >= 11 is 0. The first-order chi connectivity index (χ1) is 30.7. The molecule has 3 saturated carbocycles. The summed E-state index contributed by atoms with van der Waals surface area (Å²) in [4.78, 5) is 62.5. The molecule has 0 aromatic rings. The standard InChI is InChI=1S/C49H76O16/c1-25(2)12-11-13-26(3)35-16-17-36-34-15-14-32-22-33(18-20-48(32,9)37(34)19-21-49(35,36)10)62-46-45(61-31(8)55)43(59-29(6)53)41(39(64-46)24-57-27(4)51)65-47-44(60-30(7)54)42(58-28(5)52)40(56)38(23-50)63-47/h14,25-26,33-47,50,56H,11-13,15-24H2,1-10H3/t26-,33+,34+,35-,36+,37+,38-,39-,40+,41-,42+,43+,44-,45-,46-,47+,48+,49-/m1/s1. The number of aliphatic hydroxyl groups excluding tert-OH is 2. The van der Waals surface area contributed by atoms with E-state index < -0.39 is 104 Å². The number of hydrogen-bond donors (Lipinski definition) is 2. The molecule has 0 aromatic heterocycles. The maximum Gasteiger partial charge on any atom is 0.303 e. The lowest BCUT2D eigenvalue weighted by Gasteiger charge is -2.58. The molecule has 0 unspecified atom stereocenters. The molecule has 18 atom stereocenters. The Kier molecular flexibility index (Phi) is 16.9. The fraction of sp³-hybridized carbons (Fsp3) is 0.857. The van der Waals surface area contributed by atoms with Crippen LogP contribution in [0.4, 0.5) is 0 Å². The van der Waals surface area contributed by atoms with Crippen LogP contribution in [0.2, 0.25) is 0 Å². The summed E-state index contributed by atoms with van der Waals surface area (Å²) in [5.74, 6) is 0.276. The van der Waals surface area contributed by atoms with E-state index in [1.165, 1.54) is 64.4 Å². The quantitative estimate of drug-likeness (QED) is 0.105. The van der Waals surface area contributed by atoms with Crippen LogP contribution < -0.4 is 0 Å². The van der Waals surface area contributed by atoms with E-state index in [4.69, 9.17) is 42.6 Å². The van der Waals surface area contributed by atoms with Crippen molar-refractivity contribution in [2.75, 3.05) is 13.2 Å². The van der Waals surface area contributed by atoms with Gasteiger partial charge in [-0.3, -0.25) is 24.0 Å². The van der Waals surface area contributed by atoms with Gasteiger partial charge >= 0.3 is 29.8 Å². The Balaban J connectivity index is 1.24. The molecule has 2 saturated heterocycles. The fourth-order valence-electron chi connectivity index (χ4n) is 13.0. The lowest BCUT2D eigenvalue weighted by Crippen LogP contribution is -2.67. The minimum absolute atomic E-state index is 0.00725. The first-order valence-electron chi connectivity index (χ1n) is 24.1. The predicted octanol–water partition coefficient (Wildman–Crippen LogP) is 5.89. The van der Waals surface area contributed by atoms with Gasteiger partial charge in [0.05, 0.1) is 12.7 Å². The van der Waals surface area contributed by atoms with Crippen molar-refractivity contribution in [3.05, 3.63) is 11.6 Å². The molecular formula is C49H76O16. The summed E-state index contributed by atoms with van der Waals surface area (Å²) in [6.45, 7) is 16.7. The van der Waals surface area contributed by atoms with Crippen molar-refractivity contribution < 1.29 is 76.8 Å². The Bertz CT molecular complexity index is 1730. The summed E-state index contributed by atoms with van der Waals surface area (Å²) in [6.07, 6.45) is -0.622. The lowest BCUT2D eigenvalue weighted by molar-refractivity contribution is -0.364. The van der Waals surface area contributed by atoms with Crippen molar-refractivity contribution in [3.63, 3.8) is 0 Å². The molecule has 0 amide bonds. The minimum atomic E-state index is -1.70. The van der Waals surface area contributed by atoms with Gasteiger partial charge in [-0.05, 0) is 97.7 Å². The van der Waals surface area contributed by atoms with Crippen molar-refractivity contribution in [2.45, 2.75) is 207 Å². The van der Waals surface area contributed by atoms with Gasteiger partial charge in [0.1, 0.15) is 31.0 Å². The minimum Gasteiger partial charge on any atom is -0.463 e. The zero-order valence-electron chi connectivity index (χ0n) is 40.2. The van der Waals surface area contributed by atoms with Crippen LogP contribution in [0.3, 0.4) is 0 Å². The normalized spacial score (nSPS) is 40.6. The zero-order chi connectivity index (χ0) is 47.5. The van der Waals surface area contributed by atoms with E-state index in [-0.39, 0.29) is 11.5 Å². The molecule has 16 nitrogen and oxygen atoms in total. The van der Waals surface area contributed by atoms with Crippen molar-refractivity contribution in [2.24, 2.45) is 46.3 Å². The van der Waals surface area contributed by atoms with Crippen molar-refractivity contribution in [3.8, 4) is 0 Å². The van der Waals surface area contributed by atoms with Crippen LogP contribution in [0.1, 0.15) is 140 Å². The van der Waals surface area contributed by atoms with E-state index in [0.717, 1.165) is 51.4 Å². The number of esters is 5. The smallest absolute Gasteiger partial charge is 0.303 e. The van der Waals surface area contributed by atoms with Crippen LogP contribution in [0.15, 0.2) is 11.6 Å². The van der Waals surface area contributed by atoms with Gasteiger partial charge in [-0.1, -0.05) is 65.5 Å². The van der Waals surface area contributed by atoms with Gasteiger partial charge in [0, 0.05) is 34.6 Å². The monoisotopic (exact) mass is 921 g/mol. The number of fused-ring (bicyclic) bond motifs is 5. The molecule has 0 bridgehead atoms. The highest BCUT2D eigenvalue weighted by Crippen LogP contribution is 2.67. The van der Waals surface area contributed by atoms with E-state index >= 15 is 0 Å². The number of hydrogen-bond acceptors (Lipinski definition) is 16. The maximum atomic E-state index is 12.9. The van der Waals surface area contributed by atoms with Gasteiger partial charge in [0.25, 0.3) is 0 Å². The second kappa shape index (κ2) is 21.4. The van der Waals surface area contributed by atoms with E-state index in [1.807, 2.05) is 0 Å². The van der Waals surface area contributed by atoms with E-state index in [9.17, 15) is 34.2 Å². The predicted molar refractivity (Wildman–Crippen MR) is 232 cm³/mol. The molecule has 0 aromatic carbocycles. The van der Waals surface area contributed by atoms with Gasteiger partial charge < -0.3 is 52.8 Å². The molecule has 6 rings (SSSR count). The van der Waals surface area contributed by atoms with Crippen LogP contribution in [-0.4, -0.2) is 121 Å². The Morgan fingerprint density at radius 3 is 1.92 bits per heavy atom. The zero-order valence-corrected chi connectivity index (χ0v) is 40.2. The van der Waals surface area contributed by atoms with Gasteiger partial charge in [-0.2, -0.15) is 0 Å². The van der Waals surface area contributed by atoms with Crippen LogP contribution in [0.5, 0.6) is 0 Å². The van der Waals surface area contributed by atoms with Crippen molar-refractivity contribution >= 4 is 29.8 Å². The number of ether oxygens (including phenoxy) is 9. The van der Waals surface area contributed by atoms with Crippen LogP contribution in [-0.2, 0) is 66.6 Å². The van der Waals surface area contributed by atoms with E-state index in [1.54, 1.807) is 0 Å². The van der Waals surface area contributed by atoms with Gasteiger partial charge in [0.15, 0.2) is 37.0 Å². The fourth-order valence-corrected chi connectivity index (χ4v) is 13.0. The third kappa shape index (κ3) is 11.4. The molecule has 2 N–H and O–H groups in total.